The van der Waals surface area contributed by atoms with Gasteiger partial charge in [-0.3, -0.25) is 14.2 Å². The van der Waals surface area contributed by atoms with Crippen LogP contribution >= 0.6 is 0 Å². The number of hydrogen-bond donors (Lipinski definition) is 1. The van der Waals surface area contributed by atoms with Crippen molar-refractivity contribution < 1.29 is 4.79 Å². The van der Waals surface area contributed by atoms with E-state index >= 15 is 0 Å². The maximum Gasteiger partial charge on any atom is 0.332 e. The molecular formula is C20H23N5O3. The highest BCUT2D eigenvalue weighted by atomic mass is 16.2. The molecule has 28 heavy (non-hydrogen) atoms. The minimum atomic E-state index is -0.548. The van der Waals surface area contributed by atoms with E-state index in [0.29, 0.717) is 17.7 Å². The van der Waals surface area contributed by atoms with Gasteiger partial charge in [0.1, 0.15) is 6.54 Å². The monoisotopic (exact) mass is 381 g/mol. The molecule has 1 aliphatic carbocycles. The molecule has 0 unspecified atom stereocenters. The zero-order chi connectivity index (χ0) is 19.9. The van der Waals surface area contributed by atoms with Crippen molar-refractivity contribution in [1.82, 2.24) is 24.0 Å². The number of carbonyl (C=O) groups excluding carboxylic acids is 1. The van der Waals surface area contributed by atoms with Crippen LogP contribution in [0.1, 0.15) is 24.8 Å². The average molecular weight is 381 g/mol. The minimum Gasteiger partial charge on any atom is -0.354 e. The Hall–Kier alpha value is -3.16. The van der Waals surface area contributed by atoms with Crippen LogP contribution in [0.3, 0.4) is 0 Å². The quantitative estimate of drug-likeness (QED) is 0.703. The molecule has 1 aromatic carbocycles. The highest BCUT2D eigenvalue weighted by Crippen LogP contribution is 2.43. The normalized spacial score (nSPS) is 15.4. The van der Waals surface area contributed by atoms with Crippen LogP contribution in [-0.4, -0.2) is 31.1 Å². The molecule has 0 spiro atoms. The number of rotatable bonds is 5. The second-order valence-corrected chi connectivity index (χ2v) is 7.54. The standard InChI is InChI=1S/C20H23N5O3/c1-23-13-22-17-16(23)18(27)25(19(28)24(17)2)11-15(26)21-12-20(9-6-10-20)14-7-4-3-5-8-14/h3-5,7-8,13H,6,9-12H2,1-2H3,(H,21,26). The van der Waals surface area contributed by atoms with Gasteiger partial charge in [-0.25, -0.2) is 14.3 Å². The molecule has 0 aliphatic heterocycles. The first-order valence-corrected chi connectivity index (χ1v) is 9.36. The fourth-order valence-corrected chi connectivity index (χ4v) is 3.97. The summed E-state index contributed by atoms with van der Waals surface area (Å²) in [5, 5.41) is 2.93. The fourth-order valence-electron chi connectivity index (χ4n) is 3.97. The van der Waals surface area contributed by atoms with E-state index in [1.807, 2.05) is 18.2 Å². The highest BCUT2D eigenvalue weighted by Gasteiger charge is 2.38. The molecule has 3 aromatic rings. The van der Waals surface area contributed by atoms with E-state index in [9.17, 15) is 14.4 Å². The Balaban J connectivity index is 1.56. The van der Waals surface area contributed by atoms with Gasteiger partial charge in [0.25, 0.3) is 5.56 Å². The molecule has 1 saturated carbocycles. The van der Waals surface area contributed by atoms with Crippen LogP contribution in [0.4, 0.5) is 0 Å². The summed E-state index contributed by atoms with van der Waals surface area (Å²) in [5.41, 5.74) is 0.716. The van der Waals surface area contributed by atoms with Gasteiger partial charge in [-0.15, -0.1) is 0 Å². The lowest BCUT2D eigenvalue weighted by Gasteiger charge is -2.42. The van der Waals surface area contributed by atoms with Gasteiger partial charge in [-0.05, 0) is 18.4 Å². The van der Waals surface area contributed by atoms with Crippen molar-refractivity contribution in [3.05, 3.63) is 63.1 Å². The summed E-state index contributed by atoms with van der Waals surface area (Å²) in [4.78, 5) is 41.9. The van der Waals surface area contributed by atoms with Crippen molar-refractivity contribution >= 4 is 17.1 Å². The third-order valence-corrected chi connectivity index (χ3v) is 5.82. The number of amides is 1. The van der Waals surface area contributed by atoms with E-state index in [1.165, 1.54) is 16.5 Å². The van der Waals surface area contributed by atoms with Gasteiger partial charge in [-0.2, -0.15) is 0 Å². The predicted octanol–water partition coefficient (Wildman–Crippen LogP) is 0.672. The fraction of sp³-hybridized carbons (Fsp3) is 0.400. The molecule has 8 heteroatoms. The van der Waals surface area contributed by atoms with Crippen molar-refractivity contribution in [1.29, 1.82) is 0 Å². The van der Waals surface area contributed by atoms with Gasteiger partial charge < -0.3 is 9.88 Å². The van der Waals surface area contributed by atoms with Crippen molar-refractivity contribution in [2.75, 3.05) is 6.54 Å². The molecule has 2 heterocycles. The summed E-state index contributed by atoms with van der Waals surface area (Å²) < 4.78 is 3.82. The Bertz CT molecular complexity index is 1150. The molecule has 1 fully saturated rings. The van der Waals surface area contributed by atoms with Crippen molar-refractivity contribution in [3.63, 3.8) is 0 Å². The number of imidazole rings is 1. The van der Waals surface area contributed by atoms with Crippen LogP contribution in [0.2, 0.25) is 0 Å². The zero-order valence-corrected chi connectivity index (χ0v) is 16.0. The lowest BCUT2D eigenvalue weighted by molar-refractivity contribution is -0.122. The van der Waals surface area contributed by atoms with Crippen molar-refractivity contribution in [2.24, 2.45) is 14.1 Å². The molecule has 1 amide bonds. The number of nitrogens with zero attached hydrogens (tertiary/aromatic N) is 4. The van der Waals surface area contributed by atoms with Crippen LogP contribution in [0, 0.1) is 0 Å². The van der Waals surface area contributed by atoms with Crippen molar-refractivity contribution in [2.45, 2.75) is 31.2 Å². The lowest BCUT2D eigenvalue weighted by Crippen LogP contribution is -2.48. The van der Waals surface area contributed by atoms with Gasteiger partial charge >= 0.3 is 5.69 Å². The third kappa shape index (κ3) is 2.85. The van der Waals surface area contributed by atoms with Crippen LogP contribution in [-0.2, 0) is 30.8 Å². The lowest BCUT2D eigenvalue weighted by atomic mass is 9.64. The molecular weight excluding hydrogens is 358 g/mol. The number of carbonyl (C=O) groups is 1. The summed E-state index contributed by atoms with van der Waals surface area (Å²) >= 11 is 0. The molecule has 0 radical (unpaired) electrons. The first-order valence-electron chi connectivity index (χ1n) is 9.36. The van der Waals surface area contributed by atoms with E-state index in [4.69, 9.17) is 0 Å². The Morgan fingerprint density at radius 1 is 1.18 bits per heavy atom. The Morgan fingerprint density at radius 2 is 1.89 bits per heavy atom. The van der Waals surface area contributed by atoms with E-state index in [2.05, 4.69) is 22.4 Å². The number of hydrogen-bond acceptors (Lipinski definition) is 4. The van der Waals surface area contributed by atoms with Crippen LogP contribution in [0.15, 0.2) is 46.2 Å². The summed E-state index contributed by atoms with van der Waals surface area (Å²) in [5.74, 6) is -0.345. The van der Waals surface area contributed by atoms with Gasteiger partial charge in [0.05, 0.1) is 6.33 Å². The zero-order valence-electron chi connectivity index (χ0n) is 16.0. The number of nitrogens with one attached hydrogen (secondary N) is 1. The topological polar surface area (TPSA) is 90.9 Å². The van der Waals surface area contributed by atoms with E-state index < -0.39 is 11.2 Å². The van der Waals surface area contributed by atoms with Gasteiger partial charge in [0.2, 0.25) is 5.91 Å². The summed E-state index contributed by atoms with van der Waals surface area (Å²) in [6, 6.07) is 10.2. The maximum absolute atomic E-state index is 12.7. The SMILES string of the molecule is Cn1cnc2c1c(=O)n(CC(=O)NCC1(c3ccccc3)CCC1)c(=O)n2C. The number of benzene rings is 1. The maximum atomic E-state index is 12.7. The van der Waals surface area contributed by atoms with Crippen LogP contribution < -0.4 is 16.6 Å². The summed E-state index contributed by atoms with van der Waals surface area (Å²) in [6.07, 6.45) is 4.64. The highest BCUT2D eigenvalue weighted by molar-refractivity contribution is 5.76. The second kappa shape index (κ2) is 6.78. The smallest absolute Gasteiger partial charge is 0.332 e. The predicted molar refractivity (Wildman–Crippen MR) is 105 cm³/mol. The number of aromatic nitrogens is 4. The molecule has 1 N–H and O–H groups in total. The molecule has 0 atom stereocenters. The van der Waals surface area contributed by atoms with Gasteiger partial charge in [0, 0.05) is 26.1 Å². The molecule has 1 aliphatic rings. The van der Waals surface area contributed by atoms with Crippen LogP contribution in [0.25, 0.3) is 11.2 Å². The van der Waals surface area contributed by atoms with E-state index in [1.54, 1.807) is 18.7 Å². The first kappa shape index (κ1) is 18.2. The number of aryl methyl sites for hydroxylation is 2. The first-order chi connectivity index (χ1) is 13.4. The summed E-state index contributed by atoms with van der Waals surface area (Å²) in [6.45, 7) is 0.191. The summed E-state index contributed by atoms with van der Waals surface area (Å²) in [7, 11) is 3.23. The molecule has 0 saturated heterocycles. The number of fused-ring (bicyclic) bond motifs is 1. The Labute approximate surface area is 161 Å². The van der Waals surface area contributed by atoms with E-state index in [-0.39, 0.29) is 17.9 Å². The molecule has 0 bridgehead atoms. The average Bonchev–Trinajstić information content (AvgIpc) is 3.05. The third-order valence-electron chi connectivity index (χ3n) is 5.82. The van der Waals surface area contributed by atoms with Gasteiger partial charge in [-0.1, -0.05) is 36.8 Å². The molecule has 146 valence electrons. The van der Waals surface area contributed by atoms with Gasteiger partial charge in [0.15, 0.2) is 11.2 Å². The Kier molecular flexibility index (Phi) is 4.41. The Morgan fingerprint density at radius 3 is 2.54 bits per heavy atom. The van der Waals surface area contributed by atoms with Crippen LogP contribution in [0.5, 0.6) is 0 Å². The molecule has 2 aromatic heterocycles. The molecule has 4 rings (SSSR count). The van der Waals surface area contributed by atoms with E-state index in [0.717, 1.165) is 23.8 Å². The van der Waals surface area contributed by atoms with Crippen molar-refractivity contribution in [3.8, 4) is 0 Å². The second-order valence-electron chi connectivity index (χ2n) is 7.54. The largest absolute Gasteiger partial charge is 0.354 e. The minimum absolute atomic E-state index is 0.0567. The molecule has 8 nitrogen and oxygen atoms in total.